The molecule has 1 saturated heterocycles. The van der Waals surface area contributed by atoms with E-state index >= 15 is 0 Å². The Morgan fingerprint density at radius 2 is 1.84 bits per heavy atom. The molecule has 1 aromatic heterocycles. The molecule has 0 unspecified atom stereocenters. The summed E-state index contributed by atoms with van der Waals surface area (Å²) in [7, 11) is 1.37. The summed E-state index contributed by atoms with van der Waals surface area (Å²) in [6.45, 7) is 0.534. The van der Waals surface area contributed by atoms with Gasteiger partial charge < -0.3 is 15.0 Å². The molecule has 2 aromatic rings. The van der Waals surface area contributed by atoms with Gasteiger partial charge in [0.25, 0.3) is 11.9 Å². The Morgan fingerprint density at radius 3 is 2.40 bits per heavy atom. The van der Waals surface area contributed by atoms with Crippen LogP contribution in [0.5, 0.6) is 5.75 Å². The first-order valence-electron chi connectivity index (χ1n) is 7.37. The smallest absolute Gasteiger partial charge is 0.253 e. The highest BCUT2D eigenvalue weighted by Gasteiger charge is 2.25. The zero-order chi connectivity index (χ0) is 18.1. The van der Waals surface area contributed by atoms with Crippen LogP contribution in [0.2, 0.25) is 0 Å². The van der Waals surface area contributed by atoms with Crippen molar-refractivity contribution in [3.8, 4) is 5.75 Å². The lowest BCUT2D eigenvalue weighted by Gasteiger charge is -2.20. The van der Waals surface area contributed by atoms with Crippen LogP contribution in [0.3, 0.4) is 0 Å². The van der Waals surface area contributed by atoms with Crippen LogP contribution >= 0.6 is 0 Å². The number of ether oxygens (including phenoxy) is 1. The van der Waals surface area contributed by atoms with Gasteiger partial charge in [0, 0.05) is 24.7 Å². The molecular weight excluding hydrogens is 342 g/mol. The summed E-state index contributed by atoms with van der Waals surface area (Å²) in [5, 5.41) is 2.27. The predicted octanol–water partition coefficient (Wildman–Crippen LogP) is 3.52. The van der Waals surface area contributed by atoms with Gasteiger partial charge >= 0.3 is 0 Å². The first-order chi connectivity index (χ1) is 11.9. The molecule has 2 heterocycles. The predicted molar refractivity (Wildman–Crippen MR) is 81.9 cm³/mol. The molecule has 0 radical (unpaired) electrons. The van der Waals surface area contributed by atoms with E-state index < -0.39 is 29.2 Å². The van der Waals surface area contributed by atoms with Crippen LogP contribution in [0.25, 0.3) is 0 Å². The third-order valence-corrected chi connectivity index (χ3v) is 3.81. The highest BCUT2D eigenvalue weighted by molar-refractivity contribution is 5.97. The average Bonchev–Trinajstić information content (AvgIpc) is 3.02. The number of nitrogens with one attached hydrogen (secondary N) is 1. The molecule has 1 fully saturated rings. The van der Waals surface area contributed by atoms with Crippen molar-refractivity contribution in [3.63, 3.8) is 0 Å². The van der Waals surface area contributed by atoms with E-state index in [9.17, 15) is 22.4 Å². The number of amides is 1. The summed E-state index contributed by atoms with van der Waals surface area (Å²) < 4.78 is 59.0. The molecule has 1 N–H and O–H groups in total. The molecule has 3 rings (SSSR count). The average molecular weight is 355 g/mol. The first-order valence-corrected chi connectivity index (χ1v) is 7.37. The molecule has 1 amide bonds. The maximum absolute atomic E-state index is 13.7. The lowest BCUT2D eigenvalue weighted by molar-refractivity contribution is -0.117. The molecule has 0 saturated carbocycles. The van der Waals surface area contributed by atoms with Gasteiger partial charge in [-0.15, -0.1) is 0 Å². The third-order valence-electron chi connectivity index (χ3n) is 3.81. The number of anilines is 3. The standard InChI is InChI=1S/C16H13F4N3O2/c1-25-10-7-8(4-5-9(10)23-6-2-3-11(23)24)21-14-12(17)15(19)22-16(20)13(14)18/h4-5,7H,2-3,6H2,1H3,(H,21,22). The van der Waals surface area contributed by atoms with Gasteiger partial charge in [-0.1, -0.05) is 0 Å². The zero-order valence-corrected chi connectivity index (χ0v) is 13.1. The number of hydrogen-bond acceptors (Lipinski definition) is 4. The largest absolute Gasteiger partial charge is 0.494 e. The second kappa shape index (κ2) is 6.58. The molecule has 5 nitrogen and oxygen atoms in total. The van der Waals surface area contributed by atoms with Crippen molar-refractivity contribution in [2.45, 2.75) is 12.8 Å². The van der Waals surface area contributed by atoms with E-state index in [-0.39, 0.29) is 17.3 Å². The molecule has 0 aliphatic carbocycles. The van der Waals surface area contributed by atoms with Crippen molar-refractivity contribution in [2.24, 2.45) is 0 Å². The Morgan fingerprint density at radius 1 is 1.16 bits per heavy atom. The van der Waals surface area contributed by atoms with Gasteiger partial charge in [-0.05, 0) is 18.6 Å². The molecule has 0 atom stereocenters. The number of rotatable bonds is 4. The Bertz CT molecular complexity index is 818. The Balaban J connectivity index is 1.96. The van der Waals surface area contributed by atoms with E-state index in [1.807, 2.05) is 0 Å². The highest BCUT2D eigenvalue weighted by atomic mass is 19.2. The summed E-state index contributed by atoms with van der Waals surface area (Å²) >= 11 is 0. The summed E-state index contributed by atoms with van der Waals surface area (Å²) in [5.74, 6) is -6.58. The van der Waals surface area contributed by atoms with Crippen molar-refractivity contribution < 1.29 is 27.1 Å². The number of methoxy groups -OCH3 is 1. The normalized spacial score (nSPS) is 14.1. The SMILES string of the molecule is COc1cc(Nc2c(F)c(F)nc(F)c2F)ccc1N1CCCC1=O. The van der Waals surface area contributed by atoms with Crippen LogP contribution in [0.4, 0.5) is 34.6 Å². The zero-order valence-electron chi connectivity index (χ0n) is 13.1. The monoisotopic (exact) mass is 355 g/mol. The lowest BCUT2D eigenvalue weighted by Crippen LogP contribution is -2.24. The molecule has 0 bridgehead atoms. The van der Waals surface area contributed by atoms with Crippen LogP contribution < -0.4 is 15.0 Å². The number of nitrogens with zero attached hydrogens (tertiary/aromatic N) is 2. The number of carbonyl (C=O) groups excluding carboxylic acids is 1. The fraction of sp³-hybridized carbons (Fsp3) is 0.250. The second-order valence-corrected chi connectivity index (χ2v) is 5.36. The van der Waals surface area contributed by atoms with Crippen molar-refractivity contribution in [2.75, 3.05) is 23.9 Å². The van der Waals surface area contributed by atoms with Gasteiger partial charge in [0.1, 0.15) is 11.4 Å². The molecule has 1 aliphatic rings. The van der Waals surface area contributed by atoms with Gasteiger partial charge in [-0.2, -0.15) is 22.5 Å². The van der Waals surface area contributed by atoms with Crippen LogP contribution in [0.15, 0.2) is 18.2 Å². The summed E-state index contributed by atoms with van der Waals surface area (Å²) in [4.78, 5) is 15.9. The van der Waals surface area contributed by atoms with Gasteiger partial charge in [0.2, 0.25) is 17.5 Å². The van der Waals surface area contributed by atoms with E-state index in [4.69, 9.17) is 4.74 Å². The minimum Gasteiger partial charge on any atom is -0.494 e. The number of carbonyl (C=O) groups is 1. The Kier molecular flexibility index (Phi) is 4.47. The number of pyridine rings is 1. The fourth-order valence-corrected chi connectivity index (χ4v) is 2.62. The number of aromatic nitrogens is 1. The molecular formula is C16H13F4N3O2. The van der Waals surface area contributed by atoms with Gasteiger partial charge in [0.05, 0.1) is 12.8 Å². The lowest BCUT2D eigenvalue weighted by atomic mass is 10.2. The molecule has 1 aromatic carbocycles. The minimum atomic E-state index is -1.76. The quantitative estimate of drug-likeness (QED) is 0.674. The highest BCUT2D eigenvalue weighted by Crippen LogP contribution is 2.35. The van der Waals surface area contributed by atoms with Gasteiger partial charge in [0.15, 0.2) is 0 Å². The van der Waals surface area contributed by atoms with E-state index in [0.717, 1.165) is 0 Å². The molecule has 132 valence electrons. The van der Waals surface area contributed by atoms with Crippen molar-refractivity contribution in [3.05, 3.63) is 41.7 Å². The van der Waals surface area contributed by atoms with Crippen molar-refractivity contribution in [1.29, 1.82) is 0 Å². The van der Waals surface area contributed by atoms with Crippen LogP contribution in [0, 0.1) is 23.5 Å². The van der Waals surface area contributed by atoms with Crippen LogP contribution in [-0.4, -0.2) is 24.5 Å². The molecule has 1 aliphatic heterocycles. The summed E-state index contributed by atoms with van der Waals surface area (Å²) in [6, 6.07) is 4.31. The van der Waals surface area contributed by atoms with Crippen molar-refractivity contribution in [1.82, 2.24) is 4.98 Å². The number of hydrogen-bond donors (Lipinski definition) is 1. The first kappa shape index (κ1) is 17.0. The van der Waals surface area contributed by atoms with E-state index in [1.165, 1.54) is 30.2 Å². The molecule has 0 spiro atoms. The molecule has 25 heavy (non-hydrogen) atoms. The summed E-state index contributed by atoms with van der Waals surface area (Å²) in [6.07, 6.45) is 1.14. The number of halogens is 4. The van der Waals surface area contributed by atoms with Gasteiger partial charge in [-0.25, -0.2) is 0 Å². The number of benzene rings is 1. The van der Waals surface area contributed by atoms with Gasteiger partial charge in [-0.3, -0.25) is 4.79 Å². The van der Waals surface area contributed by atoms with E-state index in [0.29, 0.717) is 25.1 Å². The van der Waals surface area contributed by atoms with Crippen molar-refractivity contribution >= 4 is 23.0 Å². The van der Waals surface area contributed by atoms with E-state index in [1.54, 1.807) is 0 Å². The van der Waals surface area contributed by atoms with Crippen LogP contribution in [-0.2, 0) is 4.79 Å². The third kappa shape index (κ3) is 3.09. The maximum atomic E-state index is 13.7. The fourth-order valence-electron chi connectivity index (χ4n) is 2.62. The van der Waals surface area contributed by atoms with E-state index in [2.05, 4.69) is 10.3 Å². The summed E-state index contributed by atoms with van der Waals surface area (Å²) in [5.41, 5.74) is -0.379. The minimum absolute atomic E-state index is 0.0608. The van der Waals surface area contributed by atoms with Crippen LogP contribution in [0.1, 0.15) is 12.8 Å². The Labute approximate surface area is 140 Å². The maximum Gasteiger partial charge on any atom is 0.253 e. The molecule has 9 heteroatoms. The Hall–Kier alpha value is -2.84. The second-order valence-electron chi connectivity index (χ2n) is 5.36. The topological polar surface area (TPSA) is 54.5 Å².